The first-order chi connectivity index (χ1) is 8.02. The van der Waals surface area contributed by atoms with E-state index in [-0.39, 0.29) is 5.69 Å². The highest BCUT2D eigenvalue weighted by molar-refractivity contribution is 6.32. The van der Waals surface area contributed by atoms with Crippen LogP contribution in [0.25, 0.3) is 10.9 Å². The van der Waals surface area contributed by atoms with Crippen LogP contribution in [0, 0.1) is 6.92 Å². The molecule has 0 saturated heterocycles. The number of rotatable bonds is 2. The maximum Gasteiger partial charge on any atom is 0.280 e. The molecule has 0 unspecified atom stereocenters. The predicted molar refractivity (Wildman–Crippen MR) is 66.0 cm³/mol. The zero-order chi connectivity index (χ0) is 12.6. The predicted octanol–water partition coefficient (Wildman–Crippen LogP) is 4.18. The molecule has 1 aromatic heterocycles. The number of fused-ring (bicyclic) bond motifs is 1. The van der Waals surface area contributed by atoms with E-state index in [1.165, 1.54) is 6.07 Å². The monoisotopic (exact) mass is 256 g/mol. The van der Waals surface area contributed by atoms with Gasteiger partial charge in [0.15, 0.2) is 0 Å². The number of nitrogens with one attached hydrogen (secondary N) is 1. The Bertz CT molecular complexity index is 570. The van der Waals surface area contributed by atoms with Crippen LogP contribution in [0.3, 0.4) is 0 Å². The first kappa shape index (κ1) is 12.0. The van der Waals surface area contributed by atoms with Gasteiger partial charge in [0.2, 0.25) is 0 Å². The minimum absolute atomic E-state index is 0.248. The maximum atomic E-state index is 12.7. The summed E-state index contributed by atoms with van der Waals surface area (Å²) in [5, 5.41) is 4.21. The Balaban J connectivity index is 2.78. The average molecular weight is 257 g/mol. The molecule has 1 N–H and O–H groups in total. The number of aryl methyl sites for hydroxylation is 1. The third kappa shape index (κ3) is 2.17. The third-order valence-electron chi connectivity index (χ3n) is 2.60. The lowest BCUT2D eigenvalue weighted by Crippen LogP contribution is -1.97. The number of hydrogen-bond donors (Lipinski definition) is 1. The summed E-state index contributed by atoms with van der Waals surface area (Å²) in [4.78, 5) is 3.91. The minimum Gasteiger partial charge on any atom is -0.388 e. The van der Waals surface area contributed by atoms with E-state index in [1.807, 2.05) is 13.0 Å². The minimum atomic E-state index is -2.59. The number of aromatic nitrogens is 1. The number of hydrogen-bond acceptors (Lipinski definition) is 2. The van der Waals surface area contributed by atoms with Gasteiger partial charge in [0, 0.05) is 23.1 Å². The van der Waals surface area contributed by atoms with Crippen molar-refractivity contribution in [1.82, 2.24) is 4.98 Å². The SMILES string of the molecule is CNc1cc(C(F)F)nc2cc(Cl)c(C)cc12. The van der Waals surface area contributed by atoms with Crippen molar-refractivity contribution in [2.24, 2.45) is 0 Å². The van der Waals surface area contributed by atoms with Crippen LogP contribution in [0.5, 0.6) is 0 Å². The van der Waals surface area contributed by atoms with Gasteiger partial charge in [0.1, 0.15) is 5.69 Å². The summed E-state index contributed by atoms with van der Waals surface area (Å²) in [5.74, 6) is 0. The Morgan fingerprint density at radius 1 is 1.29 bits per heavy atom. The van der Waals surface area contributed by atoms with E-state index in [4.69, 9.17) is 11.6 Å². The van der Waals surface area contributed by atoms with Crippen LogP contribution >= 0.6 is 11.6 Å². The zero-order valence-electron chi connectivity index (χ0n) is 9.39. The molecule has 90 valence electrons. The van der Waals surface area contributed by atoms with Crippen molar-refractivity contribution in [3.8, 4) is 0 Å². The van der Waals surface area contributed by atoms with Crippen molar-refractivity contribution < 1.29 is 8.78 Å². The van der Waals surface area contributed by atoms with Crippen LogP contribution in [-0.4, -0.2) is 12.0 Å². The molecule has 0 aliphatic carbocycles. The molecule has 0 saturated carbocycles. The van der Waals surface area contributed by atoms with Crippen molar-refractivity contribution in [1.29, 1.82) is 0 Å². The fraction of sp³-hybridized carbons (Fsp3) is 0.250. The summed E-state index contributed by atoms with van der Waals surface area (Å²) in [6, 6.07) is 4.81. The smallest absolute Gasteiger partial charge is 0.280 e. The second kappa shape index (κ2) is 4.45. The molecule has 0 spiro atoms. The normalized spacial score (nSPS) is 11.2. The Hall–Kier alpha value is -1.42. The molecule has 5 heteroatoms. The van der Waals surface area contributed by atoms with Gasteiger partial charge in [0.05, 0.1) is 5.52 Å². The Kier molecular flexibility index (Phi) is 3.15. The standard InChI is InChI=1S/C12H11ClF2N2/c1-6-3-7-9(16-2)5-11(12(14)15)17-10(7)4-8(6)13/h3-5,12H,1-2H3,(H,16,17). The highest BCUT2D eigenvalue weighted by Gasteiger charge is 2.13. The second-order valence-electron chi connectivity index (χ2n) is 3.76. The van der Waals surface area contributed by atoms with E-state index in [0.717, 1.165) is 10.9 Å². The molecule has 17 heavy (non-hydrogen) atoms. The van der Waals surface area contributed by atoms with Gasteiger partial charge in [-0.1, -0.05) is 11.6 Å². The van der Waals surface area contributed by atoms with Crippen LogP contribution < -0.4 is 5.32 Å². The fourth-order valence-corrected chi connectivity index (χ4v) is 1.85. The number of alkyl halides is 2. The van der Waals surface area contributed by atoms with Gasteiger partial charge in [-0.2, -0.15) is 0 Å². The molecule has 1 heterocycles. The first-order valence-corrected chi connectivity index (χ1v) is 5.47. The van der Waals surface area contributed by atoms with Crippen molar-refractivity contribution in [2.45, 2.75) is 13.3 Å². The van der Waals surface area contributed by atoms with Crippen molar-refractivity contribution in [3.63, 3.8) is 0 Å². The highest BCUT2D eigenvalue weighted by Crippen LogP contribution is 2.30. The van der Waals surface area contributed by atoms with Gasteiger partial charge in [-0.3, -0.25) is 0 Å². The average Bonchev–Trinajstić information content (AvgIpc) is 2.29. The van der Waals surface area contributed by atoms with Gasteiger partial charge in [-0.25, -0.2) is 13.8 Å². The lowest BCUT2D eigenvalue weighted by atomic mass is 10.1. The molecule has 0 aliphatic rings. The van der Waals surface area contributed by atoms with Crippen molar-refractivity contribution in [3.05, 3.63) is 34.5 Å². The van der Waals surface area contributed by atoms with Gasteiger partial charge in [-0.05, 0) is 30.7 Å². The molecule has 0 atom stereocenters. The second-order valence-corrected chi connectivity index (χ2v) is 4.17. The molecule has 0 amide bonds. The molecule has 0 fully saturated rings. The Labute approximate surface area is 103 Å². The van der Waals surface area contributed by atoms with E-state index in [2.05, 4.69) is 10.3 Å². The summed E-state index contributed by atoms with van der Waals surface area (Å²) >= 11 is 5.97. The van der Waals surface area contributed by atoms with Crippen LogP contribution in [-0.2, 0) is 0 Å². The number of halogens is 3. The summed E-state index contributed by atoms with van der Waals surface area (Å²) < 4.78 is 25.3. The lowest BCUT2D eigenvalue weighted by molar-refractivity contribution is 0.146. The summed E-state index contributed by atoms with van der Waals surface area (Å²) in [6.07, 6.45) is -2.59. The first-order valence-electron chi connectivity index (χ1n) is 5.09. The number of nitrogens with zero attached hydrogens (tertiary/aromatic N) is 1. The fourth-order valence-electron chi connectivity index (χ4n) is 1.69. The summed E-state index contributed by atoms with van der Waals surface area (Å²) in [5.41, 5.74) is 1.75. The van der Waals surface area contributed by atoms with Crippen LogP contribution in [0.1, 0.15) is 17.7 Å². The van der Waals surface area contributed by atoms with Gasteiger partial charge in [-0.15, -0.1) is 0 Å². The largest absolute Gasteiger partial charge is 0.388 e. The van der Waals surface area contributed by atoms with Gasteiger partial charge in [0.25, 0.3) is 6.43 Å². The topological polar surface area (TPSA) is 24.9 Å². The third-order valence-corrected chi connectivity index (χ3v) is 3.01. The number of anilines is 1. The Morgan fingerprint density at radius 2 is 2.00 bits per heavy atom. The van der Waals surface area contributed by atoms with Crippen LogP contribution in [0.15, 0.2) is 18.2 Å². The molecule has 1 aromatic carbocycles. The number of benzene rings is 1. The van der Waals surface area contributed by atoms with Crippen molar-refractivity contribution in [2.75, 3.05) is 12.4 Å². The molecule has 2 nitrogen and oxygen atoms in total. The van der Waals surface area contributed by atoms with E-state index in [9.17, 15) is 8.78 Å². The number of pyridine rings is 1. The van der Waals surface area contributed by atoms with E-state index in [0.29, 0.717) is 16.2 Å². The lowest BCUT2D eigenvalue weighted by Gasteiger charge is -2.10. The van der Waals surface area contributed by atoms with E-state index < -0.39 is 6.43 Å². The summed E-state index contributed by atoms with van der Waals surface area (Å²) in [6.45, 7) is 1.86. The quantitative estimate of drug-likeness (QED) is 0.872. The molecule has 0 radical (unpaired) electrons. The van der Waals surface area contributed by atoms with E-state index in [1.54, 1.807) is 13.1 Å². The molecule has 0 bridgehead atoms. The van der Waals surface area contributed by atoms with Gasteiger partial charge >= 0.3 is 0 Å². The van der Waals surface area contributed by atoms with E-state index >= 15 is 0 Å². The van der Waals surface area contributed by atoms with Crippen LogP contribution in [0.2, 0.25) is 5.02 Å². The maximum absolute atomic E-state index is 12.7. The molecule has 2 rings (SSSR count). The van der Waals surface area contributed by atoms with Gasteiger partial charge < -0.3 is 5.32 Å². The van der Waals surface area contributed by atoms with Crippen molar-refractivity contribution >= 4 is 28.2 Å². The van der Waals surface area contributed by atoms with Crippen LogP contribution in [0.4, 0.5) is 14.5 Å². The molecular weight excluding hydrogens is 246 g/mol. The Morgan fingerprint density at radius 3 is 2.59 bits per heavy atom. The zero-order valence-corrected chi connectivity index (χ0v) is 10.1. The molecular formula is C12H11ClF2N2. The summed E-state index contributed by atoms with van der Waals surface area (Å²) in [7, 11) is 1.69. The molecule has 0 aliphatic heterocycles. The molecule has 2 aromatic rings. The highest BCUT2D eigenvalue weighted by atomic mass is 35.5.